The number of thioether (sulfide) groups is 1. The molecule has 4 heteroatoms. The van der Waals surface area contributed by atoms with Gasteiger partial charge < -0.3 is 9.64 Å². The molecule has 22 heavy (non-hydrogen) atoms. The number of benzene rings is 1. The minimum atomic E-state index is 0.281. The van der Waals surface area contributed by atoms with E-state index in [-0.39, 0.29) is 5.91 Å². The van der Waals surface area contributed by atoms with Gasteiger partial charge in [-0.05, 0) is 43.7 Å². The van der Waals surface area contributed by atoms with Crippen molar-refractivity contribution in [2.75, 3.05) is 31.2 Å². The predicted octanol–water partition coefficient (Wildman–Crippen LogP) is 3.67. The summed E-state index contributed by atoms with van der Waals surface area (Å²) in [5.74, 6) is 3.46. The van der Waals surface area contributed by atoms with Gasteiger partial charge in [-0.15, -0.1) is 11.8 Å². The van der Waals surface area contributed by atoms with E-state index >= 15 is 0 Å². The molecule has 3 nitrogen and oxygen atoms in total. The van der Waals surface area contributed by atoms with Gasteiger partial charge in [-0.2, -0.15) is 0 Å². The molecule has 1 amide bonds. The van der Waals surface area contributed by atoms with Crippen molar-refractivity contribution in [1.29, 1.82) is 0 Å². The van der Waals surface area contributed by atoms with Gasteiger partial charge in [-0.1, -0.05) is 25.1 Å². The molecule has 0 radical (unpaired) electrons. The second kappa shape index (κ2) is 8.47. The van der Waals surface area contributed by atoms with Crippen molar-refractivity contribution in [3.8, 4) is 5.75 Å². The third-order valence-corrected chi connectivity index (χ3v) is 5.15. The normalized spacial score (nSPS) is 15.9. The van der Waals surface area contributed by atoms with E-state index in [4.69, 9.17) is 4.74 Å². The lowest BCUT2D eigenvalue weighted by molar-refractivity contribution is -0.129. The quantitative estimate of drug-likeness (QED) is 0.749. The number of amides is 1. The van der Waals surface area contributed by atoms with E-state index in [0.717, 1.165) is 43.4 Å². The second-order valence-corrected chi connectivity index (χ2v) is 7.29. The van der Waals surface area contributed by atoms with Gasteiger partial charge in [-0.25, -0.2) is 0 Å². The fraction of sp³-hybridized carbons (Fsp3) is 0.611. The molecule has 1 aromatic rings. The molecule has 1 aliphatic heterocycles. The minimum absolute atomic E-state index is 0.281. The maximum Gasteiger partial charge on any atom is 0.232 e. The average Bonchev–Trinajstić information content (AvgIpc) is 2.50. The number of ether oxygens (including phenoxy) is 1. The summed E-state index contributed by atoms with van der Waals surface area (Å²) >= 11 is 1.67. The zero-order valence-corrected chi connectivity index (χ0v) is 14.7. The van der Waals surface area contributed by atoms with Gasteiger partial charge in [0.2, 0.25) is 5.91 Å². The first-order valence-electron chi connectivity index (χ1n) is 8.12. The first-order chi connectivity index (χ1) is 10.6. The monoisotopic (exact) mass is 321 g/mol. The number of carbonyl (C=O) groups is 1. The largest absolute Gasteiger partial charge is 0.492 e. The standard InChI is InChI=1S/C18H27NO2S/c1-14-7-9-19(10-8-14)17(20)13-22-12-11-21-18-15(2)5-4-6-16(18)3/h4-6,14H,7-13H2,1-3H3. The highest BCUT2D eigenvalue weighted by molar-refractivity contribution is 7.99. The van der Waals surface area contributed by atoms with E-state index in [1.807, 2.05) is 11.0 Å². The van der Waals surface area contributed by atoms with Gasteiger partial charge in [0.15, 0.2) is 0 Å². The Hall–Kier alpha value is -1.16. The number of likely N-dealkylation sites (tertiary alicyclic amines) is 1. The SMILES string of the molecule is Cc1cccc(C)c1OCCSCC(=O)N1CCC(C)CC1. The fourth-order valence-corrected chi connectivity index (χ4v) is 3.44. The number of hydrogen-bond acceptors (Lipinski definition) is 3. The number of para-hydroxylation sites is 1. The van der Waals surface area contributed by atoms with Crippen LogP contribution < -0.4 is 4.74 Å². The van der Waals surface area contributed by atoms with Crippen molar-refractivity contribution in [2.24, 2.45) is 5.92 Å². The molecule has 122 valence electrons. The average molecular weight is 321 g/mol. The van der Waals surface area contributed by atoms with Crippen LogP contribution in [0.2, 0.25) is 0 Å². The molecule has 0 aromatic heterocycles. The van der Waals surface area contributed by atoms with E-state index in [9.17, 15) is 4.79 Å². The van der Waals surface area contributed by atoms with Crippen LogP contribution >= 0.6 is 11.8 Å². The van der Waals surface area contributed by atoms with Gasteiger partial charge in [0, 0.05) is 18.8 Å². The molecule has 1 fully saturated rings. The molecule has 1 aromatic carbocycles. The molecule has 0 atom stereocenters. The molecule has 1 aliphatic rings. The van der Waals surface area contributed by atoms with Crippen molar-refractivity contribution >= 4 is 17.7 Å². The Balaban J connectivity index is 1.64. The van der Waals surface area contributed by atoms with E-state index < -0.39 is 0 Å². The molecular weight excluding hydrogens is 294 g/mol. The van der Waals surface area contributed by atoms with Crippen LogP contribution in [-0.2, 0) is 4.79 Å². The molecule has 0 unspecified atom stereocenters. The zero-order chi connectivity index (χ0) is 15.9. The van der Waals surface area contributed by atoms with Crippen molar-refractivity contribution in [1.82, 2.24) is 4.90 Å². The van der Waals surface area contributed by atoms with Gasteiger partial charge in [0.25, 0.3) is 0 Å². The summed E-state index contributed by atoms with van der Waals surface area (Å²) in [6.45, 7) is 8.91. The number of rotatable bonds is 6. The smallest absolute Gasteiger partial charge is 0.232 e. The summed E-state index contributed by atoms with van der Waals surface area (Å²) in [4.78, 5) is 14.1. The minimum Gasteiger partial charge on any atom is -0.492 e. The van der Waals surface area contributed by atoms with E-state index in [2.05, 4.69) is 32.9 Å². The van der Waals surface area contributed by atoms with Crippen LogP contribution in [0, 0.1) is 19.8 Å². The molecular formula is C18H27NO2S. The summed E-state index contributed by atoms with van der Waals surface area (Å²) in [5, 5.41) is 0. The zero-order valence-electron chi connectivity index (χ0n) is 13.9. The number of hydrogen-bond donors (Lipinski definition) is 0. The predicted molar refractivity (Wildman–Crippen MR) is 93.7 cm³/mol. The fourth-order valence-electron chi connectivity index (χ4n) is 2.74. The summed E-state index contributed by atoms with van der Waals surface area (Å²) in [5.41, 5.74) is 2.34. The lowest BCUT2D eigenvalue weighted by Gasteiger charge is -2.30. The van der Waals surface area contributed by atoms with Crippen molar-refractivity contribution in [2.45, 2.75) is 33.6 Å². The van der Waals surface area contributed by atoms with Crippen LogP contribution in [0.4, 0.5) is 0 Å². The first kappa shape index (κ1) is 17.2. The number of piperidine rings is 1. The maximum atomic E-state index is 12.1. The molecule has 0 aliphatic carbocycles. The van der Waals surface area contributed by atoms with Crippen LogP contribution in [0.3, 0.4) is 0 Å². The second-order valence-electron chi connectivity index (χ2n) is 6.19. The van der Waals surface area contributed by atoms with Crippen LogP contribution in [0.5, 0.6) is 5.75 Å². The van der Waals surface area contributed by atoms with Gasteiger partial charge in [0.1, 0.15) is 5.75 Å². The molecule has 1 saturated heterocycles. The number of carbonyl (C=O) groups excluding carboxylic acids is 1. The number of aryl methyl sites for hydroxylation is 2. The third kappa shape index (κ3) is 4.94. The van der Waals surface area contributed by atoms with Crippen LogP contribution in [0.1, 0.15) is 30.9 Å². The molecule has 1 heterocycles. The topological polar surface area (TPSA) is 29.5 Å². The number of nitrogens with zero attached hydrogens (tertiary/aromatic N) is 1. The van der Waals surface area contributed by atoms with Crippen molar-refractivity contribution < 1.29 is 9.53 Å². The summed E-state index contributed by atoms with van der Waals surface area (Å²) in [7, 11) is 0. The highest BCUT2D eigenvalue weighted by Gasteiger charge is 2.19. The molecule has 0 spiro atoms. The van der Waals surface area contributed by atoms with Crippen LogP contribution in [0.15, 0.2) is 18.2 Å². The van der Waals surface area contributed by atoms with Gasteiger partial charge in [0.05, 0.1) is 12.4 Å². The van der Waals surface area contributed by atoms with E-state index in [1.54, 1.807) is 11.8 Å². The summed E-state index contributed by atoms with van der Waals surface area (Å²) < 4.78 is 5.86. The Morgan fingerprint density at radius 3 is 2.55 bits per heavy atom. The molecule has 0 bridgehead atoms. The highest BCUT2D eigenvalue weighted by Crippen LogP contribution is 2.22. The first-order valence-corrected chi connectivity index (χ1v) is 9.28. The molecule has 0 N–H and O–H groups in total. The summed E-state index contributed by atoms with van der Waals surface area (Å²) in [6.07, 6.45) is 2.29. The lowest BCUT2D eigenvalue weighted by atomic mass is 9.99. The third-order valence-electron chi connectivity index (χ3n) is 4.24. The summed E-state index contributed by atoms with van der Waals surface area (Å²) in [6, 6.07) is 6.18. The van der Waals surface area contributed by atoms with Gasteiger partial charge >= 0.3 is 0 Å². The van der Waals surface area contributed by atoms with E-state index in [0.29, 0.717) is 12.4 Å². The van der Waals surface area contributed by atoms with Crippen molar-refractivity contribution in [3.63, 3.8) is 0 Å². The molecule has 2 rings (SSSR count). The van der Waals surface area contributed by atoms with Gasteiger partial charge in [-0.3, -0.25) is 4.79 Å². The molecule has 0 saturated carbocycles. The maximum absolute atomic E-state index is 12.1. The van der Waals surface area contributed by atoms with Crippen LogP contribution in [-0.4, -0.2) is 42.0 Å². The van der Waals surface area contributed by atoms with Crippen LogP contribution in [0.25, 0.3) is 0 Å². The van der Waals surface area contributed by atoms with Crippen molar-refractivity contribution in [3.05, 3.63) is 29.3 Å². The Labute approximate surface area is 138 Å². The Kier molecular flexibility index (Phi) is 6.62. The highest BCUT2D eigenvalue weighted by atomic mass is 32.2. The Bertz CT molecular complexity index is 476. The van der Waals surface area contributed by atoms with E-state index in [1.165, 1.54) is 11.1 Å². The Morgan fingerprint density at radius 2 is 1.91 bits per heavy atom. The lowest BCUT2D eigenvalue weighted by Crippen LogP contribution is -2.39. The Morgan fingerprint density at radius 1 is 1.27 bits per heavy atom.